The van der Waals surface area contributed by atoms with Crippen LogP contribution in [0.15, 0.2) is 41.4 Å². The molecule has 0 radical (unpaired) electrons. The second kappa shape index (κ2) is 12.1. The Morgan fingerprint density at radius 2 is 1.57 bits per heavy atom. The minimum Gasteiger partial charge on any atom is -0.507 e. The molecule has 0 spiro atoms. The molecule has 2 amide bonds. The third kappa shape index (κ3) is 5.61. The van der Waals surface area contributed by atoms with E-state index in [1.807, 2.05) is 6.07 Å². The summed E-state index contributed by atoms with van der Waals surface area (Å²) in [4.78, 5) is 28.9. The molecule has 1 aliphatic carbocycles. The summed E-state index contributed by atoms with van der Waals surface area (Å²) in [5, 5.41) is 10.4. The van der Waals surface area contributed by atoms with Gasteiger partial charge in [0, 0.05) is 24.5 Å². The molecule has 1 aromatic heterocycles. The number of primary amides is 1. The van der Waals surface area contributed by atoms with Gasteiger partial charge >= 0.3 is 0 Å². The molecule has 1 atom stereocenters. The predicted molar refractivity (Wildman–Crippen MR) is 146 cm³/mol. The number of amides is 2. The van der Waals surface area contributed by atoms with Gasteiger partial charge in [-0.15, -0.1) is 0 Å². The van der Waals surface area contributed by atoms with Crippen molar-refractivity contribution in [2.75, 3.05) is 11.4 Å². The first-order valence-corrected chi connectivity index (χ1v) is 15.2. The lowest BCUT2D eigenvalue weighted by atomic mass is 9.85. The predicted octanol–water partition coefficient (Wildman–Crippen LogP) is 4.63. The second-order valence-corrected chi connectivity index (χ2v) is 12.6. The van der Waals surface area contributed by atoms with Crippen molar-refractivity contribution >= 4 is 27.5 Å². The quantitative estimate of drug-likeness (QED) is 0.210. The van der Waals surface area contributed by atoms with E-state index >= 15 is 0 Å². The summed E-state index contributed by atoms with van der Waals surface area (Å²) >= 11 is 0. The zero-order valence-electron chi connectivity index (χ0n) is 23.1. The first-order valence-electron chi connectivity index (χ1n) is 13.7. The van der Waals surface area contributed by atoms with Gasteiger partial charge in [-0.2, -0.15) is 4.31 Å². The number of nitrogens with zero attached hydrogens (tertiary/aromatic N) is 3. The van der Waals surface area contributed by atoms with Crippen LogP contribution in [0.5, 0.6) is 5.75 Å². The van der Waals surface area contributed by atoms with Crippen LogP contribution in [0.3, 0.4) is 0 Å². The highest BCUT2D eigenvalue weighted by Gasteiger charge is 2.48. The van der Waals surface area contributed by atoms with E-state index in [1.165, 1.54) is 12.5 Å². The zero-order chi connectivity index (χ0) is 31.9. The van der Waals surface area contributed by atoms with Gasteiger partial charge in [0.1, 0.15) is 11.8 Å². The lowest BCUT2D eigenvalue weighted by Crippen LogP contribution is -2.59. The maximum atomic E-state index is 14.5. The molecule has 15 heteroatoms. The maximum Gasteiger partial charge on any atom is 0.252 e. The van der Waals surface area contributed by atoms with Crippen LogP contribution in [0.4, 0.5) is 27.6 Å². The summed E-state index contributed by atoms with van der Waals surface area (Å²) in [6.07, 6.45) is 6.95. The highest BCUT2D eigenvalue weighted by molar-refractivity contribution is 7.89. The molecule has 3 N–H and O–H groups in total. The van der Waals surface area contributed by atoms with Crippen molar-refractivity contribution in [3.05, 3.63) is 82.4 Å². The fourth-order valence-electron chi connectivity index (χ4n) is 5.57. The van der Waals surface area contributed by atoms with Gasteiger partial charge in [-0.3, -0.25) is 14.6 Å². The molecule has 44 heavy (non-hydrogen) atoms. The Hall–Kier alpha value is -4.11. The summed E-state index contributed by atoms with van der Waals surface area (Å²) < 4.78 is 97.0. The Morgan fingerprint density at radius 1 is 0.932 bits per heavy atom. The average molecular weight is 639 g/mol. The molecule has 1 aliphatic heterocycles. The zero-order valence-corrected chi connectivity index (χ0v) is 23.9. The van der Waals surface area contributed by atoms with Gasteiger partial charge in [-0.1, -0.05) is 25.3 Å². The molecule has 2 aromatic carbocycles. The summed E-state index contributed by atoms with van der Waals surface area (Å²) in [7, 11) is -5.39. The van der Waals surface area contributed by atoms with E-state index in [1.54, 1.807) is 12.3 Å². The van der Waals surface area contributed by atoms with Crippen molar-refractivity contribution < 1.29 is 45.1 Å². The number of benzene rings is 2. The lowest BCUT2D eigenvalue weighted by molar-refractivity contribution is -0.125. The maximum absolute atomic E-state index is 14.5. The van der Waals surface area contributed by atoms with Crippen LogP contribution >= 0.6 is 0 Å². The van der Waals surface area contributed by atoms with Crippen LogP contribution < -0.4 is 10.6 Å². The Bertz CT molecular complexity index is 1700. The molecular formula is C29H27F5N4O5S. The van der Waals surface area contributed by atoms with Gasteiger partial charge in [0.15, 0.2) is 28.2 Å². The minimum absolute atomic E-state index is 0.00358. The third-order valence-electron chi connectivity index (χ3n) is 8.06. The highest BCUT2D eigenvalue weighted by atomic mass is 32.2. The molecule has 1 saturated carbocycles. The van der Waals surface area contributed by atoms with Crippen LogP contribution in [0.2, 0.25) is 0 Å². The Kier molecular flexibility index (Phi) is 8.62. The number of aromatic nitrogens is 1. The van der Waals surface area contributed by atoms with E-state index in [0.29, 0.717) is 15.9 Å². The van der Waals surface area contributed by atoms with E-state index in [0.717, 1.165) is 48.3 Å². The number of hydrogen-bond donors (Lipinski definition) is 2. The fraction of sp³-hybridized carbons (Fsp3) is 0.345. The van der Waals surface area contributed by atoms with Crippen molar-refractivity contribution in [1.82, 2.24) is 9.29 Å². The largest absolute Gasteiger partial charge is 0.507 e. The second-order valence-electron chi connectivity index (χ2n) is 10.7. The van der Waals surface area contributed by atoms with Gasteiger partial charge in [-0.25, -0.2) is 30.4 Å². The standard InChI is InChI=1S/C29H27F5N4O5S/c30-22-23(31)25(33)27(26(34)24(22)32)44(42,43)38-11-10-20(38)29(41)37(18-8-9-19(28(35)40)21(39)12-18)14-17-7-6-16(13-36-17)15-4-2-1-3-5-15/h6-9,12-13,15,20,39H,1-5,10-11,14H2,(H2,35,40). The first-order chi connectivity index (χ1) is 20.8. The van der Waals surface area contributed by atoms with Crippen molar-refractivity contribution in [3.63, 3.8) is 0 Å². The van der Waals surface area contributed by atoms with Crippen molar-refractivity contribution in [2.24, 2.45) is 5.73 Å². The fourth-order valence-corrected chi connectivity index (χ4v) is 7.31. The van der Waals surface area contributed by atoms with Gasteiger partial charge in [0.2, 0.25) is 21.7 Å². The number of pyridine rings is 1. The summed E-state index contributed by atoms with van der Waals surface area (Å²) in [5.41, 5.74) is 6.38. The Morgan fingerprint density at radius 3 is 2.09 bits per heavy atom. The average Bonchev–Trinajstić information content (AvgIpc) is 2.97. The minimum atomic E-state index is -5.39. The number of carbonyl (C=O) groups excluding carboxylic acids is 2. The Balaban J connectivity index is 1.49. The first kappa shape index (κ1) is 31.3. The molecule has 2 heterocycles. The van der Waals surface area contributed by atoms with E-state index < -0.39 is 74.2 Å². The lowest BCUT2D eigenvalue weighted by Gasteiger charge is -2.41. The van der Waals surface area contributed by atoms with Crippen LogP contribution in [0.25, 0.3) is 0 Å². The van der Waals surface area contributed by atoms with E-state index in [9.17, 15) is 45.1 Å². The number of phenols is 1. The summed E-state index contributed by atoms with van der Waals surface area (Å²) in [6.45, 7) is -0.710. The topological polar surface area (TPSA) is 134 Å². The molecule has 3 aromatic rings. The van der Waals surface area contributed by atoms with E-state index in [-0.39, 0.29) is 24.2 Å². The molecule has 234 valence electrons. The molecular weight excluding hydrogens is 611 g/mol. The molecule has 1 saturated heterocycles. The van der Waals surface area contributed by atoms with E-state index in [2.05, 4.69) is 4.98 Å². The number of aromatic hydroxyl groups is 1. The number of carbonyl (C=O) groups is 2. The number of rotatable bonds is 8. The molecule has 2 aliphatic rings. The number of anilines is 1. The normalized spacial score (nSPS) is 17.7. The molecule has 9 nitrogen and oxygen atoms in total. The number of halogens is 5. The van der Waals surface area contributed by atoms with E-state index in [4.69, 9.17) is 5.73 Å². The van der Waals surface area contributed by atoms with Gasteiger partial charge in [0.05, 0.1) is 17.8 Å². The van der Waals surface area contributed by atoms with Crippen molar-refractivity contribution in [2.45, 2.75) is 61.9 Å². The molecule has 1 unspecified atom stereocenters. The van der Waals surface area contributed by atoms with Crippen LogP contribution in [0, 0.1) is 29.1 Å². The van der Waals surface area contributed by atoms with Gasteiger partial charge < -0.3 is 15.7 Å². The number of hydrogen-bond acceptors (Lipinski definition) is 6. The Labute approximate surface area is 249 Å². The van der Waals surface area contributed by atoms with Crippen molar-refractivity contribution in [3.8, 4) is 5.75 Å². The monoisotopic (exact) mass is 638 g/mol. The highest BCUT2D eigenvalue weighted by Crippen LogP contribution is 2.36. The molecule has 2 fully saturated rings. The third-order valence-corrected chi connectivity index (χ3v) is 9.99. The summed E-state index contributed by atoms with van der Waals surface area (Å²) in [5.74, 6) is -14.6. The molecule has 5 rings (SSSR count). The van der Waals surface area contributed by atoms with Gasteiger partial charge in [0.25, 0.3) is 5.91 Å². The summed E-state index contributed by atoms with van der Waals surface area (Å²) in [6, 6.07) is 5.43. The van der Waals surface area contributed by atoms with Crippen LogP contribution in [-0.2, 0) is 21.4 Å². The van der Waals surface area contributed by atoms with Crippen LogP contribution in [0.1, 0.15) is 66.1 Å². The molecule has 0 bridgehead atoms. The van der Waals surface area contributed by atoms with Crippen LogP contribution in [-0.4, -0.2) is 47.2 Å². The van der Waals surface area contributed by atoms with Crippen molar-refractivity contribution in [1.29, 1.82) is 0 Å². The number of nitrogens with two attached hydrogens (primary N) is 1. The SMILES string of the molecule is NC(=O)c1ccc(N(Cc2ccc(C3CCCCC3)cn2)C(=O)C2CCN2S(=O)(=O)c2c(F)c(F)c(F)c(F)c2F)cc1O. The smallest absolute Gasteiger partial charge is 0.252 e. The number of sulfonamides is 1. The van der Waals surface area contributed by atoms with Gasteiger partial charge in [-0.05, 0) is 48.9 Å².